The maximum Gasteiger partial charge on any atom is 0.255 e. The van der Waals surface area contributed by atoms with Crippen LogP contribution in [0.15, 0.2) is 12.2 Å². The van der Waals surface area contributed by atoms with Gasteiger partial charge in [0.1, 0.15) is 0 Å². The van der Waals surface area contributed by atoms with Crippen molar-refractivity contribution in [1.29, 1.82) is 0 Å². The van der Waals surface area contributed by atoms with Crippen LogP contribution in [0.2, 0.25) is 0 Å². The minimum atomic E-state index is -0.523. The van der Waals surface area contributed by atoms with Crippen molar-refractivity contribution in [1.82, 2.24) is 4.90 Å². The summed E-state index contributed by atoms with van der Waals surface area (Å²) in [5.74, 6) is -0.598. The Balaban J connectivity index is 2.69. The summed E-state index contributed by atoms with van der Waals surface area (Å²) in [4.78, 5) is 23.3. The largest absolute Gasteiger partial charge is 0.351 e. The van der Waals surface area contributed by atoms with Gasteiger partial charge in [0.15, 0.2) is 6.23 Å². The molecule has 0 aromatic heterocycles. The topological polar surface area (TPSA) is 46.6 Å². The van der Waals surface area contributed by atoms with Crippen LogP contribution in [-0.2, 0) is 14.3 Å². The van der Waals surface area contributed by atoms with Crippen LogP contribution in [-0.4, -0.2) is 29.0 Å². The summed E-state index contributed by atoms with van der Waals surface area (Å²) >= 11 is 0. The molecule has 0 saturated carbocycles. The molecule has 0 aromatic rings. The third-order valence-corrected chi connectivity index (χ3v) is 1.65. The molecule has 1 heterocycles. The fourth-order valence-electron chi connectivity index (χ4n) is 1.18. The quantitative estimate of drug-likeness (QED) is 0.632. The van der Waals surface area contributed by atoms with E-state index >= 15 is 0 Å². The molecule has 1 aliphatic rings. The van der Waals surface area contributed by atoms with Gasteiger partial charge in [0.25, 0.3) is 5.91 Å². The lowest BCUT2D eigenvalue weighted by Gasteiger charge is -2.23. The summed E-state index contributed by atoms with van der Waals surface area (Å²) in [6.07, 6.45) is 2.41. The number of ether oxygens (including phenoxy) is 1. The lowest BCUT2D eigenvalue weighted by atomic mass is 10.4. The highest BCUT2D eigenvalue weighted by Gasteiger charge is 2.30. The van der Waals surface area contributed by atoms with Crippen LogP contribution in [0.5, 0.6) is 0 Å². The molecule has 0 fully saturated rings. The molecule has 13 heavy (non-hydrogen) atoms. The number of carbonyl (C=O) groups excluding carboxylic acids is 2. The first kappa shape index (κ1) is 9.92. The van der Waals surface area contributed by atoms with Crippen molar-refractivity contribution in [3.05, 3.63) is 12.2 Å². The number of nitrogens with zero attached hydrogens (tertiary/aromatic N) is 1. The minimum absolute atomic E-state index is 0.0117. The van der Waals surface area contributed by atoms with Crippen molar-refractivity contribution in [2.45, 2.75) is 33.1 Å². The molecule has 0 unspecified atom stereocenters. The third-order valence-electron chi connectivity index (χ3n) is 1.65. The van der Waals surface area contributed by atoms with Crippen LogP contribution < -0.4 is 0 Å². The number of rotatable bonds is 2. The molecule has 2 amide bonds. The predicted octanol–water partition coefficient (Wildman–Crippen LogP) is 0.682. The van der Waals surface area contributed by atoms with Gasteiger partial charge < -0.3 is 4.74 Å². The van der Waals surface area contributed by atoms with E-state index in [4.69, 9.17) is 4.74 Å². The molecule has 0 aromatic carbocycles. The van der Waals surface area contributed by atoms with Gasteiger partial charge in [0.05, 0.1) is 6.10 Å². The second-order valence-electron chi connectivity index (χ2n) is 3.16. The van der Waals surface area contributed by atoms with Crippen molar-refractivity contribution >= 4 is 11.8 Å². The van der Waals surface area contributed by atoms with Gasteiger partial charge >= 0.3 is 0 Å². The summed E-state index contributed by atoms with van der Waals surface area (Å²) in [6.45, 7) is 5.06. The van der Waals surface area contributed by atoms with E-state index < -0.39 is 6.23 Å². The van der Waals surface area contributed by atoms with E-state index in [0.29, 0.717) is 0 Å². The van der Waals surface area contributed by atoms with Gasteiger partial charge in [-0.1, -0.05) is 0 Å². The van der Waals surface area contributed by atoms with Crippen LogP contribution in [0.25, 0.3) is 0 Å². The molecule has 0 spiro atoms. The van der Waals surface area contributed by atoms with Crippen molar-refractivity contribution in [3.8, 4) is 0 Å². The van der Waals surface area contributed by atoms with Crippen LogP contribution in [0.4, 0.5) is 0 Å². The summed E-state index contributed by atoms with van der Waals surface area (Å²) < 4.78 is 5.35. The first-order chi connectivity index (χ1) is 6.02. The van der Waals surface area contributed by atoms with Gasteiger partial charge in [0, 0.05) is 13.0 Å². The lowest BCUT2D eigenvalue weighted by Crippen LogP contribution is -2.40. The van der Waals surface area contributed by atoms with Gasteiger partial charge in [-0.25, -0.2) is 4.90 Å². The van der Waals surface area contributed by atoms with E-state index in [9.17, 15) is 9.59 Å². The number of carbonyl (C=O) groups is 2. The Bertz CT molecular complexity index is 258. The van der Waals surface area contributed by atoms with Gasteiger partial charge in [-0.2, -0.15) is 0 Å². The average molecular weight is 183 g/mol. The minimum Gasteiger partial charge on any atom is -0.351 e. The Morgan fingerprint density at radius 2 is 2.23 bits per heavy atom. The number of imide groups is 1. The zero-order chi connectivity index (χ0) is 10.0. The molecule has 0 N–H and O–H groups in total. The number of hydrogen-bond donors (Lipinski definition) is 0. The monoisotopic (exact) mass is 183 g/mol. The molecule has 72 valence electrons. The van der Waals surface area contributed by atoms with Gasteiger partial charge in [-0.3, -0.25) is 9.59 Å². The SMILES string of the molecule is CC(=O)N1C(=O)C=C[C@@H]1OC(C)C. The van der Waals surface area contributed by atoms with Gasteiger partial charge in [-0.05, 0) is 19.9 Å². The molecule has 4 nitrogen and oxygen atoms in total. The first-order valence-corrected chi connectivity index (χ1v) is 4.20. The maximum absolute atomic E-state index is 11.1. The number of amides is 2. The second-order valence-corrected chi connectivity index (χ2v) is 3.16. The second kappa shape index (κ2) is 3.70. The normalized spacial score (nSPS) is 21.7. The third kappa shape index (κ3) is 2.15. The molecule has 1 atom stereocenters. The van der Waals surface area contributed by atoms with Crippen molar-refractivity contribution in [3.63, 3.8) is 0 Å². The van der Waals surface area contributed by atoms with E-state index in [-0.39, 0.29) is 17.9 Å². The molecule has 1 rings (SSSR count). The molecule has 0 saturated heterocycles. The Labute approximate surface area is 77.2 Å². The van der Waals surface area contributed by atoms with Crippen molar-refractivity contribution in [2.24, 2.45) is 0 Å². The van der Waals surface area contributed by atoms with Crippen LogP contribution in [0, 0.1) is 0 Å². The van der Waals surface area contributed by atoms with Crippen molar-refractivity contribution in [2.75, 3.05) is 0 Å². The molecule has 0 bridgehead atoms. The molecule has 1 aliphatic heterocycles. The Morgan fingerprint density at radius 1 is 1.62 bits per heavy atom. The Morgan fingerprint density at radius 3 is 2.69 bits per heavy atom. The van der Waals surface area contributed by atoms with Gasteiger partial charge in [0.2, 0.25) is 5.91 Å². The average Bonchev–Trinajstić information content (AvgIpc) is 2.30. The maximum atomic E-state index is 11.1. The zero-order valence-corrected chi connectivity index (χ0v) is 7.98. The van der Waals surface area contributed by atoms with Crippen LogP contribution in [0.3, 0.4) is 0 Å². The van der Waals surface area contributed by atoms with E-state index in [1.165, 1.54) is 13.0 Å². The Hall–Kier alpha value is -1.16. The van der Waals surface area contributed by atoms with E-state index in [1.54, 1.807) is 6.08 Å². The summed E-state index contributed by atoms with van der Waals surface area (Å²) in [6, 6.07) is 0. The molecular formula is C9H13NO3. The highest BCUT2D eigenvalue weighted by atomic mass is 16.5. The summed E-state index contributed by atoms with van der Waals surface area (Å²) in [5, 5.41) is 0. The highest BCUT2D eigenvalue weighted by Crippen LogP contribution is 2.14. The van der Waals surface area contributed by atoms with Crippen LogP contribution >= 0.6 is 0 Å². The fraction of sp³-hybridized carbons (Fsp3) is 0.556. The standard InChI is InChI=1S/C9H13NO3/c1-6(2)13-9-5-4-8(12)10(9)7(3)11/h4-6,9H,1-3H3/t9-/m0/s1. The van der Waals surface area contributed by atoms with E-state index in [0.717, 1.165) is 4.90 Å². The van der Waals surface area contributed by atoms with E-state index in [2.05, 4.69) is 0 Å². The lowest BCUT2D eigenvalue weighted by molar-refractivity contribution is -0.152. The predicted molar refractivity (Wildman–Crippen MR) is 46.7 cm³/mol. The van der Waals surface area contributed by atoms with Gasteiger partial charge in [-0.15, -0.1) is 0 Å². The molecule has 4 heteroatoms. The van der Waals surface area contributed by atoms with Crippen LogP contribution in [0.1, 0.15) is 20.8 Å². The highest BCUT2D eigenvalue weighted by molar-refractivity contribution is 6.02. The van der Waals surface area contributed by atoms with E-state index in [1.807, 2.05) is 13.8 Å². The zero-order valence-electron chi connectivity index (χ0n) is 7.98. The summed E-state index contributed by atoms with van der Waals surface area (Å²) in [7, 11) is 0. The first-order valence-electron chi connectivity index (χ1n) is 4.20. The molecule has 0 radical (unpaired) electrons. The molecule has 0 aliphatic carbocycles. The smallest absolute Gasteiger partial charge is 0.255 e. The van der Waals surface area contributed by atoms with Crippen molar-refractivity contribution < 1.29 is 14.3 Å². The molecular weight excluding hydrogens is 170 g/mol. The number of hydrogen-bond acceptors (Lipinski definition) is 3. The summed E-state index contributed by atoms with van der Waals surface area (Å²) in [5.41, 5.74) is 0. The Kier molecular flexibility index (Phi) is 2.83. The fourth-order valence-corrected chi connectivity index (χ4v) is 1.18.